The zero-order chi connectivity index (χ0) is 14.3. The van der Waals surface area contributed by atoms with Gasteiger partial charge in [0.05, 0.1) is 12.5 Å². The summed E-state index contributed by atoms with van der Waals surface area (Å²) in [7, 11) is 0. The Morgan fingerprint density at radius 1 is 1.47 bits per heavy atom. The van der Waals surface area contributed by atoms with Crippen LogP contribution < -0.4 is 0 Å². The standard InChI is InChI=1S/C17H28O2/c1-13(2)7-5-8-15-9-6-10-16(11-15)17(18)19-12-14(3)4/h7,9,14,16H,5-6,8,10-12H2,1-4H3. The van der Waals surface area contributed by atoms with Crippen LogP contribution in [0.25, 0.3) is 0 Å². The minimum Gasteiger partial charge on any atom is -0.465 e. The van der Waals surface area contributed by atoms with Crippen LogP contribution in [0, 0.1) is 11.8 Å². The molecule has 0 aromatic heterocycles. The van der Waals surface area contributed by atoms with Crippen LogP contribution in [0.1, 0.15) is 59.8 Å². The molecule has 0 radical (unpaired) electrons. The molecule has 1 unspecified atom stereocenters. The summed E-state index contributed by atoms with van der Waals surface area (Å²) >= 11 is 0. The molecule has 0 saturated carbocycles. The predicted octanol–water partition coefficient (Wildman–Crippen LogP) is 4.66. The average molecular weight is 264 g/mol. The molecule has 0 spiro atoms. The molecule has 0 heterocycles. The van der Waals surface area contributed by atoms with Gasteiger partial charge in [0.2, 0.25) is 0 Å². The summed E-state index contributed by atoms with van der Waals surface area (Å²) in [5.74, 6) is 0.507. The lowest BCUT2D eigenvalue weighted by atomic mass is 9.87. The summed E-state index contributed by atoms with van der Waals surface area (Å²) < 4.78 is 5.36. The van der Waals surface area contributed by atoms with Crippen LogP contribution in [0.2, 0.25) is 0 Å². The van der Waals surface area contributed by atoms with Crippen LogP contribution in [0.15, 0.2) is 23.3 Å². The molecule has 0 aliphatic heterocycles. The van der Waals surface area contributed by atoms with Gasteiger partial charge in [-0.05, 0) is 51.9 Å². The second kappa shape index (κ2) is 8.19. The first-order chi connectivity index (χ1) is 8.99. The quantitative estimate of drug-likeness (QED) is 0.515. The molecule has 19 heavy (non-hydrogen) atoms. The first-order valence-corrected chi connectivity index (χ1v) is 7.47. The van der Waals surface area contributed by atoms with Crippen LogP contribution in [0.3, 0.4) is 0 Å². The van der Waals surface area contributed by atoms with E-state index in [0.717, 1.165) is 32.1 Å². The number of allylic oxidation sites excluding steroid dienone is 4. The fourth-order valence-corrected chi connectivity index (χ4v) is 2.31. The van der Waals surface area contributed by atoms with Gasteiger partial charge in [0.15, 0.2) is 0 Å². The third kappa shape index (κ3) is 6.60. The molecule has 108 valence electrons. The lowest BCUT2D eigenvalue weighted by molar-refractivity contribution is -0.150. The third-order valence-electron chi connectivity index (χ3n) is 3.37. The molecule has 0 saturated heterocycles. The zero-order valence-corrected chi connectivity index (χ0v) is 12.9. The Labute approximate surface area is 117 Å². The molecule has 1 aliphatic rings. The highest BCUT2D eigenvalue weighted by atomic mass is 16.5. The van der Waals surface area contributed by atoms with Crippen molar-refractivity contribution in [2.24, 2.45) is 11.8 Å². The summed E-state index contributed by atoms with van der Waals surface area (Å²) in [6.45, 7) is 8.94. The highest BCUT2D eigenvalue weighted by Gasteiger charge is 2.23. The fraction of sp³-hybridized carbons (Fsp3) is 0.706. The van der Waals surface area contributed by atoms with Gasteiger partial charge in [0.1, 0.15) is 0 Å². The van der Waals surface area contributed by atoms with E-state index in [1.165, 1.54) is 11.1 Å². The highest BCUT2D eigenvalue weighted by Crippen LogP contribution is 2.28. The molecular formula is C17H28O2. The molecule has 2 heteroatoms. The second-order valence-corrected chi connectivity index (χ2v) is 6.18. The van der Waals surface area contributed by atoms with Gasteiger partial charge in [-0.2, -0.15) is 0 Å². The monoisotopic (exact) mass is 264 g/mol. The van der Waals surface area contributed by atoms with Crippen molar-refractivity contribution in [1.82, 2.24) is 0 Å². The SMILES string of the molecule is CC(C)=CCCC1=CCCC(C(=O)OCC(C)C)C1. The van der Waals surface area contributed by atoms with Gasteiger partial charge >= 0.3 is 5.97 Å². The van der Waals surface area contributed by atoms with E-state index in [2.05, 4.69) is 39.8 Å². The Kier molecular flexibility index (Phi) is 6.90. The molecule has 1 aliphatic carbocycles. The lowest BCUT2D eigenvalue weighted by Crippen LogP contribution is -2.22. The number of rotatable bonds is 6. The Bertz CT molecular complexity index is 346. The van der Waals surface area contributed by atoms with Crippen LogP contribution in [0.5, 0.6) is 0 Å². The van der Waals surface area contributed by atoms with Crippen molar-refractivity contribution in [2.45, 2.75) is 59.8 Å². The van der Waals surface area contributed by atoms with Crippen molar-refractivity contribution in [2.75, 3.05) is 6.61 Å². The maximum absolute atomic E-state index is 12.0. The molecule has 0 amide bonds. The van der Waals surface area contributed by atoms with E-state index < -0.39 is 0 Å². The maximum atomic E-state index is 12.0. The number of carbonyl (C=O) groups is 1. The van der Waals surface area contributed by atoms with Crippen molar-refractivity contribution < 1.29 is 9.53 Å². The molecule has 0 aromatic carbocycles. The smallest absolute Gasteiger partial charge is 0.309 e. The van der Waals surface area contributed by atoms with E-state index in [0.29, 0.717) is 12.5 Å². The van der Waals surface area contributed by atoms with Gasteiger partial charge in [-0.25, -0.2) is 0 Å². The van der Waals surface area contributed by atoms with E-state index >= 15 is 0 Å². The minimum absolute atomic E-state index is 0.00140. The van der Waals surface area contributed by atoms with Crippen LogP contribution in [-0.4, -0.2) is 12.6 Å². The summed E-state index contributed by atoms with van der Waals surface area (Å²) in [4.78, 5) is 12.0. The maximum Gasteiger partial charge on any atom is 0.309 e. The highest BCUT2D eigenvalue weighted by molar-refractivity contribution is 5.73. The Morgan fingerprint density at radius 2 is 2.21 bits per heavy atom. The first-order valence-electron chi connectivity index (χ1n) is 7.47. The number of ether oxygens (including phenoxy) is 1. The third-order valence-corrected chi connectivity index (χ3v) is 3.37. The number of esters is 1. The predicted molar refractivity (Wildman–Crippen MR) is 79.9 cm³/mol. The molecule has 1 rings (SSSR count). The molecule has 2 nitrogen and oxygen atoms in total. The van der Waals surface area contributed by atoms with E-state index in [9.17, 15) is 4.79 Å². The van der Waals surface area contributed by atoms with Crippen molar-refractivity contribution in [1.29, 1.82) is 0 Å². The number of hydrogen-bond donors (Lipinski definition) is 0. The second-order valence-electron chi connectivity index (χ2n) is 6.18. The number of hydrogen-bond acceptors (Lipinski definition) is 2. The van der Waals surface area contributed by atoms with Crippen molar-refractivity contribution in [3.8, 4) is 0 Å². The van der Waals surface area contributed by atoms with Gasteiger partial charge in [0.25, 0.3) is 0 Å². The summed E-state index contributed by atoms with van der Waals surface area (Å²) in [5.41, 5.74) is 2.79. The Balaban J connectivity index is 2.38. The minimum atomic E-state index is 0.00140. The summed E-state index contributed by atoms with van der Waals surface area (Å²) in [6.07, 6.45) is 9.61. The van der Waals surface area contributed by atoms with Gasteiger partial charge in [-0.1, -0.05) is 37.1 Å². The van der Waals surface area contributed by atoms with E-state index in [-0.39, 0.29) is 11.9 Å². The van der Waals surface area contributed by atoms with Gasteiger partial charge in [-0.15, -0.1) is 0 Å². The average Bonchev–Trinajstić information content (AvgIpc) is 2.36. The summed E-state index contributed by atoms with van der Waals surface area (Å²) in [5, 5.41) is 0. The van der Waals surface area contributed by atoms with Gasteiger partial charge < -0.3 is 4.74 Å². The van der Waals surface area contributed by atoms with E-state index in [1.54, 1.807) is 0 Å². The summed E-state index contributed by atoms with van der Waals surface area (Å²) in [6, 6.07) is 0. The topological polar surface area (TPSA) is 26.3 Å². The molecule has 1 atom stereocenters. The largest absolute Gasteiger partial charge is 0.465 e. The molecule has 0 bridgehead atoms. The van der Waals surface area contributed by atoms with E-state index in [1.807, 2.05) is 0 Å². The Morgan fingerprint density at radius 3 is 2.84 bits per heavy atom. The van der Waals surface area contributed by atoms with Crippen molar-refractivity contribution >= 4 is 5.97 Å². The van der Waals surface area contributed by atoms with Crippen LogP contribution >= 0.6 is 0 Å². The molecule has 0 fully saturated rings. The van der Waals surface area contributed by atoms with Gasteiger partial charge in [-0.3, -0.25) is 4.79 Å². The first kappa shape index (κ1) is 16.0. The normalized spacial score (nSPS) is 19.0. The van der Waals surface area contributed by atoms with Crippen molar-refractivity contribution in [3.05, 3.63) is 23.3 Å². The fourth-order valence-electron chi connectivity index (χ4n) is 2.31. The van der Waals surface area contributed by atoms with Crippen LogP contribution in [0.4, 0.5) is 0 Å². The van der Waals surface area contributed by atoms with E-state index in [4.69, 9.17) is 4.74 Å². The molecule has 0 N–H and O–H groups in total. The molecular weight excluding hydrogens is 236 g/mol. The van der Waals surface area contributed by atoms with Gasteiger partial charge in [0, 0.05) is 0 Å². The molecule has 0 aromatic rings. The number of carbonyl (C=O) groups excluding carboxylic acids is 1. The Hall–Kier alpha value is -1.05. The zero-order valence-electron chi connectivity index (χ0n) is 12.9. The van der Waals surface area contributed by atoms with Crippen molar-refractivity contribution in [3.63, 3.8) is 0 Å². The lowest BCUT2D eigenvalue weighted by Gasteiger charge is -2.21. The van der Waals surface area contributed by atoms with Crippen LogP contribution in [-0.2, 0) is 9.53 Å².